The quantitative estimate of drug-likeness (QED) is 0.457. The van der Waals surface area contributed by atoms with Crippen LogP contribution in [0.15, 0.2) is 79.0 Å². The number of hydrogen-bond donors (Lipinski definition) is 0. The van der Waals surface area contributed by atoms with Crippen LogP contribution in [-0.4, -0.2) is 15.0 Å². The van der Waals surface area contributed by atoms with Crippen LogP contribution in [0.4, 0.5) is 0 Å². The molecule has 2 aromatic heterocycles. The van der Waals surface area contributed by atoms with Crippen LogP contribution in [0.25, 0.3) is 6.08 Å². The highest BCUT2D eigenvalue weighted by Crippen LogP contribution is 2.06. The summed E-state index contributed by atoms with van der Waals surface area (Å²) >= 11 is 0. The van der Waals surface area contributed by atoms with E-state index in [-0.39, 0.29) is 0 Å². The van der Waals surface area contributed by atoms with Crippen LogP contribution in [0.2, 0.25) is 0 Å². The van der Waals surface area contributed by atoms with E-state index in [4.69, 9.17) is 0 Å². The first-order valence-corrected chi connectivity index (χ1v) is 10.7. The second kappa shape index (κ2) is 15.1. The Bertz CT molecular complexity index is 761. The minimum absolute atomic E-state index is 0.738. The summed E-state index contributed by atoms with van der Waals surface area (Å²) in [6, 6.07) is 16.6. The topological polar surface area (TPSA) is 38.7 Å². The third-order valence-corrected chi connectivity index (χ3v) is 3.92. The summed E-state index contributed by atoms with van der Waals surface area (Å²) < 4.78 is 0. The van der Waals surface area contributed by atoms with Crippen molar-refractivity contribution >= 4 is 6.08 Å². The van der Waals surface area contributed by atoms with E-state index < -0.39 is 0 Å². The molecule has 0 N–H and O–H groups in total. The fraction of sp³-hybridized carbons (Fsp3) is 0.370. The van der Waals surface area contributed by atoms with E-state index in [9.17, 15) is 0 Å². The van der Waals surface area contributed by atoms with Gasteiger partial charge in [-0.25, -0.2) is 9.97 Å². The van der Waals surface area contributed by atoms with E-state index in [2.05, 4.69) is 85.1 Å². The van der Waals surface area contributed by atoms with Crippen molar-refractivity contribution in [3.63, 3.8) is 0 Å². The van der Waals surface area contributed by atoms with Gasteiger partial charge in [0.25, 0.3) is 0 Å². The number of allylic oxidation sites excluding steroid dienone is 1. The van der Waals surface area contributed by atoms with Crippen LogP contribution in [0.3, 0.4) is 0 Å². The van der Waals surface area contributed by atoms with Gasteiger partial charge in [-0.05, 0) is 73.9 Å². The third-order valence-electron chi connectivity index (χ3n) is 3.92. The van der Waals surface area contributed by atoms with Gasteiger partial charge in [-0.1, -0.05) is 63.6 Å². The SMILES string of the molecule is CC(C)=Cc1ccncn1.CC(C)Cc1ccccc1.CC(C)Cc1ccncc1. The van der Waals surface area contributed by atoms with Crippen molar-refractivity contribution in [3.8, 4) is 0 Å². The number of rotatable bonds is 5. The molecule has 3 rings (SSSR count). The highest BCUT2D eigenvalue weighted by molar-refractivity contribution is 5.46. The maximum absolute atomic E-state index is 4.03. The second-order valence-corrected chi connectivity index (χ2v) is 8.39. The maximum atomic E-state index is 4.03. The predicted molar refractivity (Wildman–Crippen MR) is 129 cm³/mol. The molecular formula is C27H37N3. The van der Waals surface area contributed by atoms with Crippen LogP contribution in [0.5, 0.6) is 0 Å². The summed E-state index contributed by atoms with van der Waals surface area (Å²) in [5.41, 5.74) is 5.04. The number of aromatic nitrogens is 3. The zero-order chi connectivity index (χ0) is 22.2. The Kier molecular flexibility index (Phi) is 12.7. The third kappa shape index (κ3) is 13.4. The van der Waals surface area contributed by atoms with Crippen molar-refractivity contribution < 1.29 is 0 Å². The van der Waals surface area contributed by atoms with Crippen molar-refractivity contribution in [2.45, 2.75) is 54.4 Å². The van der Waals surface area contributed by atoms with E-state index in [1.165, 1.54) is 23.1 Å². The molecule has 3 heteroatoms. The molecule has 0 aliphatic rings. The molecule has 0 bridgehead atoms. The van der Waals surface area contributed by atoms with Crippen molar-refractivity contribution in [3.05, 3.63) is 95.8 Å². The van der Waals surface area contributed by atoms with Gasteiger partial charge >= 0.3 is 0 Å². The van der Waals surface area contributed by atoms with E-state index in [0.717, 1.165) is 24.0 Å². The summed E-state index contributed by atoms with van der Waals surface area (Å²) in [5.74, 6) is 1.50. The van der Waals surface area contributed by atoms with Gasteiger partial charge in [0.2, 0.25) is 0 Å². The Morgan fingerprint density at radius 2 is 1.27 bits per heavy atom. The lowest BCUT2D eigenvalue weighted by Gasteiger charge is -2.02. The van der Waals surface area contributed by atoms with Gasteiger partial charge in [-0.3, -0.25) is 4.98 Å². The molecular weight excluding hydrogens is 366 g/mol. The van der Waals surface area contributed by atoms with Gasteiger partial charge in [0.05, 0.1) is 5.69 Å². The zero-order valence-electron chi connectivity index (χ0n) is 19.4. The van der Waals surface area contributed by atoms with E-state index in [1.54, 1.807) is 12.5 Å². The fourth-order valence-corrected chi connectivity index (χ4v) is 2.76. The molecule has 0 saturated heterocycles. The van der Waals surface area contributed by atoms with Gasteiger partial charge in [0.15, 0.2) is 0 Å². The molecule has 0 fully saturated rings. The van der Waals surface area contributed by atoms with Crippen LogP contribution < -0.4 is 0 Å². The first-order chi connectivity index (χ1) is 14.4. The molecule has 160 valence electrons. The Balaban J connectivity index is 0.000000225. The van der Waals surface area contributed by atoms with Crippen LogP contribution in [-0.2, 0) is 12.8 Å². The van der Waals surface area contributed by atoms with Crippen LogP contribution in [0, 0.1) is 11.8 Å². The molecule has 1 aromatic carbocycles. The van der Waals surface area contributed by atoms with Crippen molar-refractivity contribution in [2.75, 3.05) is 0 Å². The van der Waals surface area contributed by atoms with Gasteiger partial charge in [-0.2, -0.15) is 0 Å². The highest BCUT2D eigenvalue weighted by Gasteiger charge is 1.95. The Hall–Kier alpha value is -2.81. The molecule has 30 heavy (non-hydrogen) atoms. The smallest absolute Gasteiger partial charge is 0.115 e. The van der Waals surface area contributed by atoms with Crippen LogP contribution in [0.1, 0.15) is 58.4 Å². The van der Waals surface area contributed by atoms with Crippen molar-refractivity contribution in [2.24, 2.45) is 11.8 Å². The molecule has 3 aromatic rings. The number of benzene rings is 1. The lowest BCUT2D eigenvalue weighted by Crippen LogP contribution is -1.92. The van der Waals surface area contributed by atoms with E-state index >= 15 is 0 Å². The molecule has 0 aliphatic heterocycles. The summed E-state index contributed by atoms with van der Waals surface area (Å²) in [7, 11) is 0. The normalized spacial score (nSPS) is 9.87. The highest BCUT2D eigenvalue weighted by atomic mass is 14.8. The minimum atomic E-state index is 0.738. The Labute approximate surface area is 183 Å². The minimum Gasteiger partial charge on any atom is -0.265 e. The lowest BCUT2D eigenvalue weighted by atomic mass is 10.0. The Morgan fingerprint density at radius 3 is 1.73 bits per heavy atom. The number of pyridine rings is 1. The molecule has 0 amide bonds. The predicted octanol–water partition coefficient (Wildman–Crippen LogP) is 7.07. The molecule has 2 heterocycles. The van der Waals surface area contributed by atoms with E-state index in [0.29, 0.717) is 0 Å². The monoisotopic (exact) mass is 403 g/mol. The fourth-order valence-electron chi connectivity index (χ4n) is 2.76. The molecule has 3 nitrogen and oxygen atoms in total. The molecule has 0 spiro atoms. The molecule has 0 atom stereocenters. The van der Waals surface area contributed by atoms with Gasteiger partial charge in [0.1, 0.15) is 6.33 Å². The standard InChI is InChI=1S/C10H14.C9H13N.C8H10N2/c1-9(2)8-10-6-4-3-5-7-10;1-8(2)7-9-3-5-10-6-4-9;1-7(2)5-8-3-4-9-6-10-8/h3-7,9H,8H2,1-2H3;3-6,8H,7H2,1-2H3;3-6H,1-2H3. The second-order valence-electron chi connectivity index (χ2n) is 8.39. The average Bonchev–Trinajstić information content (AvgIpc) is 2.70. The summed E-state index contributed by atoms with van der Waals surface area (Å²) in [5, 5.41) is 0. The average molecular weight is 404 g/mol. The molecule has 0 radical (unpaired) electrons. The molecule has 0 unspecified atom stereocenters. The van der Waals surface area contributed by atoms with Gasteiger partial charge < -0.3 is 0 Å². The van der Waals surface area contributed by atoms with Crippen molar-refractivity contribution in [1.82, 2.24) is 15.0 Å². The first kappa shape index (κ1) is 25.2. The first-order valence-electron chi connectivity index (χ1n) is 10.7. The number of hydrogen-bond acceptors (Lipinski definition) is 3. The summed E-state index contributed by atoms with van der Waals surface area (Å²) in [4.78, 5) is 11.8. The largest absolute Gasteiger partial charge is 0.265 e. The van der Waals surface area contributed by atoms with Gasteiger partial charge in [-0.15, -0.1) is 0 Å². The Morgan fingerprint density at radius 1 is 0.733 bits per heavy atom. The maximum Gasteiger partial charge on any atom is 0.115 e. The summed E-state index contributed by atoms with van der Waals surface area (Å²) in [6.45, 7) is 13.0. The van der Waals surface area contributed by atoms with Crippen molar-refractivity contribution in [1.29, 1.82) is 0 Å². The van der Waals surface area contributed by atoms with Crippen LogP contribution >= 0.6 is 0 Å². The molecule has 0 aliphatic carbocycles. The molecule has 0 saturated carbocycles. The number of nitrogens with zero attached hydrogens (tertiary/aromatic N) is 3. The van der Waals surface area contributed by atoms with E-state index in [1.807, 2.05) is 38.4 Å². The summed E-state index contributed by atoms with van der Waals surface area (Å²) in [6.07, 6.45) is 11.3. The zero-order valence-corrected chi connectivity index (χ0v) is 19.4. The van der Waals surface area contributed by atoms with Gasteiger partial charge in [0, 0.05) is 18.6 Å². The lowest BCUT2D eigenvalue weighted by molar-refractivity contribution is 0.646.